The van der Waals surface area contributed by atoms with Gasteiger partial charge in [0.2, 0.25) is 0 Å². The van der Waals surface area contributed by atoms with E-state index >= 15 is 0 Å². The van der Waals surface area contributed by atoms with E-state index in [0.717, 1.165) is 53.8 Å². The first-order valence-corrected chi connectivity index (χ1v) is 8.67. The van der Waals surface area contributed by atoms with Gasteiger partial charge in [-0.1, -0.05) is 26.2 Å². The van der Waals surface area contributed by atoms with Gasteiger partial charge in [0.1, 0.15) is 5.69 Å². The highest BCUT2D eigenvalue weighted by molar-refractivity contribution is 5.92. The Bertz CT molecular complexity index is 752. The van der Waals surface area contributed by atoms with Gasteiger partial charge in [0.25, 0.3) is 5.56 Å². The Kier molecular flexibility index (Phi) is 6.06. The molecule has 0 aliphatic rings. The summed E-state index contributed by atoms with van der Waals surface area (Å²) in [5.41, 5.74) is 4.42. The van der Waals surface area contributed by atoms with Crippen LogP contribution in [0.5, 0.6) is 0 Å². The predicted molar refractivity (Wildman–Crippen MR) is 94.5 cm³/mol. The zero-order valence-corrected chi connectivity index (χ0v) is 15.0. The molecule has 2 aromatic rings. The number of ether oxygens (including phenoxy) is 1. The van der Waals surface area contributed by atoms with Gasteiger partial charge in [0.15, 0.2) is 0 Å². The van der Waals surface area contributed by atoms with Gasteiger partial charge in [-0.05, 0) is 39.2 Å². The monoisotopic (exact) mass is 333 g/mol. The molecule has 24 heavy (non-hydrogen) atoms. The Labute approximate surface area is 142 Å². The van der Waals surface area contributed by atoms with Crippen LogP contribution < -0.4 is 5.56 Å². The van der Waals surface area contributed by atoms with E-state index in [0.29, 0.717) is 12.3 Å². The molecule has 0 spiro atoms. The first kappa shape index (κ1) is 18.1. The molecule has 132 valence electrons. The Hall–Kier alpha value is -2.24. The third-order valence-corrected chi connectivity index (χ3v) is 4.32. The van der Waals surface area contributed by atoms with E-state index < -0.39 is 0 Å². The largest absolute Gasteiger partial charge is 0.461 e. The van der Waals surface area contributed by atoms with Crippen LogP contribution in [0.1, 0.15) is 66.8 Å². The first-order valence-electron chi connectivity index (χ1n) is 8.67. The topological polar surface area (TPSA) is 90.7 Å². The van der Waals surface area contributed by atoms with Gasteiger partial charge in [-0.2, -0.15) is 0 Å². The molecule has 0 aliphatic carbocycles. The summed E-state index contributed by atoms with van der Waals surface area (Å²) in [6.07, 6.45) is 5.16. The number of hydrogen-bond donors (Lipinski definition) is 3. The summed E-state index contributed by atoms with van der Waals surface area (Å²) < 4.78 is 5.09. The fourth-order valence-corrected chi connectivity index (χ4v) is 3.10. The van der Waals surface area contributed by atoms with Crippen molar-refractivity contribution in [3.05, 3.63) is 32.9 Å². The number of nitrogens with one attached hydrogen (secondary N) is 3. The minimum Gasteiger partial charge on any atom is -0.461 e. The highest BCUT2D eigenvalue weighted by Gasteiger charge is 2.23. The molecule has 0 unspecified atom stereocenters. The number of carbonyl (C=O) groups is 1. The molecule has 2 rings (SSSR count). The van der Waals surface area contributed by atoms with Crippen LogP contribution in [0.2, 0.25) is 0 Å². The smallest absolute Gasteiger partial charge is 0.355 e. The molecule has 0 fully saturated rings. The zero-order valence-electron chi connectivity index (χ0n) is 15.0. The van der Waals surface area contributed by atoms with E-state index in [1.807, 2.05) is 13.8 Å². The lowest BCUT2D eigenvalue weighted by molar-refractivity contribution is 0.0519. The summed E-state index contributed by atoms with van der Waals surface area (Å²) >= 11 is 0. The van der Waals surface area contributed by atoms with Crippen molar-refractivity contribution < 1.29 is 9.53 Å². The molecule has 2 aromatic heterocycles. The summed E-state index contributed by atoms with van der Waals surface area (Å²) in [7, 11) is 0. The van der Waals surface area contributed by atoms with E-state index in [4.69, 9.17) is 4.74 Å². The van der Waals surface area contributed by atoms with Crippen molar-refractivity contribution in [3.8, 4) is 11.3 Å². The van der Waals surface area contributed by atoms with E-state index in [1.54, 1.807) is 6.92 Å². The van der Waals surface area contributed by atoms with Crippen LogP contribution in [0.3, 0.4) is 0 Å². The van der Waals surface area contributed by atoms with Crippen molar-refractivity contribution in [2.75, 3.05) is 6.61 Å². The highest BCUT2D eigenvalue weighted by Crippen LogP contribution is 2.30. The number of carbonyl (C=O) groups excluding carboxylic acids is 1. The lowest BCUT2D eigenvalue weighted by atomic mass is 9.99. The van der Waals surface area contributed by atoms with Gasteiger partial charge >= 0.3 is 5.97 Å². The van der Waals surface area contributed by atoms with Crippen LogP contribution in [-0.4, -0.2) is 27.8 Å². The average Bonchev–Trinajstić information content (AvgIpc) is 3.04. The van der Waals surface area contributed by atoms with Crippen molar-refractivity contribution in [3.63, 3.8) is 0 Å². The summed E-state index contributed by atoms with van der Waals surface area (Å²) in [5, 5.41) is 5.67. The maximum absolute atomic E-state index is 12.2. The number of esters is 1. The number of H-pyrrole nitrogens is 3. The molecular weight excluding hydrogens is 306 g/mol. The SMILES string of the molecule is CCCCCCc1c(-c2c(C)[nH]c(C(=O)OCC)c2C)[nH][nH]c1=O. The van der Waals surface area contributed by atoms with E-state index in [9.17, 15) is 9.59 Å². The summed E-state index contributed by atoms with van der Waals surface area (Å²) in [5.74, 6) is -0.369. The summed E-state index contributed by atoms with van der Waals surface area (Å²) in [6.45, 7) is 8.05. The second-order valence-corrected chi connectivity index (χ2v) is 6.09. The molecule has 0 bridgehead atoms. The molecule has 0 radical (unpaired) electrons. The average molecular weight is 333 g/mol. The van der Waals surface area contributed by atoms with Crippen LogP contribution >= 0.6 is 0 Å². The van der Waals surface area contributed by atoms with E-state index in [2.05, 4.69) is 22.1 Å². The second kappa shape index (κ2) is 8.04. The number of aromatic nitrogens is 3. The molecule has 0 aliphatic heterocycles. The lowest BCUT2D eigenvalue weighted by Gasteiger charge is -2.05. The summed E-state index contributed by atoms with van der Waals surface area (Å²) in [6, 6.07) is 0. The van der Waals surface area contributed by atoms with Gasteiger partial charge < -0.3 is 9.72 Å². The number of hydrogen-bond acceptors (Lipinski definition) is 3. The Morgan fingerprint density at radius 3 is 2.50 bits per heavy atom. The number of rotatable bonds is 8. The second-order valence-electron chi connectivity index (χ2n) is 6.09. The van der Waals surface area contributed by atoms with Gasteiger partial charge in [0, 0.05) is 16.8 Å². The third-order valence-electron chi connectivity index (χ3n) is 4.32. The molecule has 3 N–H and O–H groups in total. The fraction of sp³-hybridized carbons (Fsp3) is 0.556. The van der Waals surface area contributed by atoms with Crippen molar-refractivity contribution in [1.29, 1.82) is 0 Å². The summed E-state index contributed by atoms with van der Waals surface area (Å²) in [4.78, 5) is 27.3. The Morgan fingerprint density at radius 1 is 1.08 bits per heavy atom. The van der Waals surface area contributed by atoms with Crippen LogP contribution in [-0.2, 0) is 11.2 Å². The molecule has 0 amide bonds. The van der Waals surface area contributed by atoms with Crippen LogP contribution in [0.4, 0.5) is 0 Å². The minimum atomic E-state index is -0.369. The predicted octanol–water partition coefficient (Wildman–Crippen LogP) is 3.61. The fourth-order valence-electron chi connectivity index (χ4n) is 3.10. The van der Waals surface area contributed by atoms with Crippen LogP contribution in [0, 0.1) is 13.8 Å². The van der Waals surface area contributed by atoms with E-state index in [-0.39, 0.29) is 11.5 Å². The molecule has 0 saturated carbocycles. The Balaban J connectivity index is 2.35. The molecular formula is C18H27N3O3. The molecule has 0 saturated heterocycles. The Morgan fingerprint density at radius 2 is 1.83 bits per heavy atom. The van der Waals surface area contributed by atoms with Crippen LogP contribution in [0.25, 0.3) is 11.3 Å². The van der Waals surface area contributed by atoms with Gasteiger partial charge in [-0.25, -0.2) is 4.79 Å². The normalized spacial score (nSPS) is 11.0. The first-order chi connectivity index (χ1) is 11.5. The molecule has 6 heteroatoms. The van der Waals surface area contributed by atoms with Crippen LogP contribution in [0.15, 0.2) is 4.79 Å². The lowest BCUT2D eigenvalue weighted by Crippen LogP contribution is -2.07. The van der Waals surface area contributed by atoms with Crippen molar-refractivity contribution in [2.24, 2.45) is 0 Å². The van der Waals surface area contributed by atoms with E-state index in [1.165, 1.54) is 6.42 Å². The maximum atomic E-state index is 12.2. The highest BCUT2D eigenvalue weighted by atomic mass is 16.5. The quantitative estimate of drug-likeness (QED) is 0.509. The standard InChI is InChI=1S/C18H27N3O3/c1-5-7-8-9-10-13-16(20-21-17(13)22)14-11(3)15(19-12(14)4)18(23)24-6-2/h19H,5-10H2,1-4H3,(H2,20,21,22). The number of aromatic amines is 3. The molecule has 0 atom stereocenters. The van der Waals surface area contributed by atoms with Gasteiger partial charge in [0.05, 0.1) is 12.3 Å². The zero-order chi connectivity index (χ0) is 17.7. The third kappa shape index (κ3) is 3.63. The number of aryl methyl sites for hydroxylation is 1. The van der Waals surface area contributed by atoms with Crippen molar-refractivity contribution >= 4 is 5.97 Å². The van der Waals surface area contributed by atoms with Gasteiger partial charge in [-0.15, -0.1) is 0 Å². The minimum absolute atomic E-state index is 0.0841. The molecule has 2 heterocycles. The van der Waals surface area contributed by atoms with Gasteiger partial charge in [-0.3, -0.25) is 15.0 Å². The maximum Gasteiger partial charge on any atom is 0.355 e. The van der Waals surface area contributed by atoms with Crippen molar-refractivity contribution in [2.45, 2.75) is 59.8 Å². The molecule has 6 nitrogen and oxygen atoms in total. The molecule has 0 aromatic carbocycles. The van der Waals surface area contributed by atoms with Crippen molar-refractivity contribution in [1.82, 2.24) is 15.2 Å². The number of unbranched alkanes of at least 4 members (excludes halogenated alkanes) is 3.